The maximum atomic E-state index is 13.3. The summed E-state index contributed by atoms with van der Waals surface area (Å²) in [5.41, 5.74) is 2.38. The number of aliphatic hydroxyl groups is 1. The van der Waals surface area contributed by atoms with Gasteiger partial charge < -0.3 is 14.4 Å². The topological polar surface area (TPSA) is 70.8 Å². The van der Waals surface area contributed by atoms with Crippen molar-refractivity contribution in [2.45, 2.75) is 32.4 Å². The van der Waals surface area contributed by atoms with Crippen LogP contribution in [-0.2, 0) is 21.7 Å². The lowest BCUT2D eigenvalue weighted by molar-refractivity contribution is -0.140. The molecular formula is C25H23NO4. The molecule has 1 N–H and O–H groups in total. The van der Waals surface area contributed by atoms with Gasteiger partial charge in [-0.2, -0.15) is 0 Å². The van der Waals surface area contributed by atoms with Gasteiger partial charge in [-0.05, 0) is 55.3 Å². The molecule has 1 aliphatic rings. The average molecular weight is 401 g/mol. The summed E-state index contributed by atoms with van der Waals surface area (Å²) in [7, 11) is 0. The molecule has 4 rings (SSSR count). The molecule has 0 radical (unpaired) electrons. The molecule has 2 heterocycles. The minimum absolute atomic E-state index is 0.330. The number of aryl methyl sites for hydroxylation is 2. The Kier molecular flexibility index (Phi) is 5.14. The lowest BCUT2D eigenvalue weighted by atomic mass is 9.90. The zero-order chi connectivity index (χ0) is 21.3. The minimum Gasteiger partial charge on any atom is -0.465 e. The number of fused-ring (bicyclic) bond motifs is 1. The molecule has 1 atom stereocenters. The third-order valence-corrected chi connectivity index (χ3v) is 5.48. The van der Waals surface area contributed by atoms with Gasteiger partial charge in [-0.1, -0.05) is 42.0 Å². The van der Waals surface area contributed by atoms with Crippen molar-refractivity contribution < 1.29 is 19.1 Å². The zero-order valence-corrected chi connectivity index (χ0v) is 17.0. The van der Waals surface area contributed by atoms with Crippen LogP contribution in [0.15, 0.2) is 71.4 Å². The molecule has 0 fully saturated rings. The lowest BCUT2D eigenvalue weighted by Crippen LogP contribution is -2.41. The van der Waals surface area contributed by atoms with Crippen molar-refractivity contribution in [3.05, 3.63) is 95.0 Å². The summed E-state index contributed by atoms with van der Waals surface area (Å²) in [6, 6.07) is 16.6. The van der Waals surface area contributed by atoms with E-state index in [1.54, 1.807) is 35.2 Å². The Morgan fingerprint density at radius 2 is 1.93 bits per heavy atom. The highest BCUT2D eigenvalue weighted by Crippen LogP contribution is 2.43. The number of amides is 1. The molecule has 0 aliphatic carbocycles. The molecule has 152 valence electrons. The highest BCUT2D eigenvalue weighted by Gasteiger charge is 2.50. The van der Waals surface area contributed by atoms with E-state index < -0.39 is 11.5 Å². The van der Waals surface area contributed by atoms with Gasteiger partial charge >= 0.3 is 0 Å². The van der Waals surface area contributed by atoms with Gasteiger partial charge in [-0.3, -0.25) is 9.59 Å². The van der Waals surface area contributed by atoms with Crippen molar-refractivity contribution in [3.8, 4) is 0 Å². The van der Waals surface area contributed by atoms with E-state index in [0.717, 1.165) is 16.7 Å². The van der Waals surface area contributed by atoms with E-state index >= 15 is 0 Å². The Labute approximate surface area is 175 Å². The van der Waals surface area contributed by atoms with Crippen molar-refractivity contribution >= 4 is 23.5 Å². The fourth-order valence-electron chi connectivity index (χ4n) is 3.85. The first-order valence-corrected chi connectivity index (χ1v) is 9.83. The number of hydrogen-bond acceptors (Lipinski definition) is 4. The van der Waals surface area contributed by atoms with Crippen LogP contribution in [0.25, 0.3) is 6.08 Å². The molecule has 0 saturated carbocycles. The molecule has 3 aromatic rings. The summed E-state index contributed by atoms with van der Waals surface area (Å²) >= 11 is 0. The number of carbonyl (C=O) groups is 2. The number of rotatable bonds is 6. The van der Waals surface area contributed by atoms with E-state index in [2.05, 4.69) is 0 Å². The SMILES string of the molecule is Cc1ccc(C)c(CN2C(=O)C(O)(CC(=O)C=Cc3ccco3)c3ccccc32)c1. The normalized spacial score (nSPS) is 18.2. The fourth-order valence-corrected chi connectivity index (χ4v) is 3.85. The van der Waals surface area contributed by atoms with Gasteiger partial charge in [0.25, 0.3) is 5.91 Å². The van der Waals surface area contributed by atoms with E-state index in [4.69, 9.17) is 4.42 Å². The standard InChI is InChI=1S/C25H23NO4/c1-17-9-10-18(2)19(14-17)16-26-23-8-4-3-7-22(23)25(29,24(26)28)15-20(27)11-12-21-6-5-13-30-21/h3-14,29H,15-16H2,1-2H3. The molecule has 1 amide bonds. The lowest BCUT2D eigenvalue weighted by Gasteiger charge is -2.23. The van der Waals surface area contributed by atoms with Crippen molar-refractivity contribution in [3.63, 3.8) is 0 Å². The third kappa shape index (κ3) is 3.60. The molecule has 1 aliphatic heterocycles. The summed E-state index contributed by atoms with van der Waals surface area (Å²) in [6.45, 7) is 4.33. The first-order chi connectivity index (χ1) is 14.4. The first kappa shape index (κ1) is 19.9. The highest BCUT2D eigenvalue weighted by atomic mass is 16.3. The van der Waals surface area contributed by atoms with E-state index in [1.807, 2.05) is 38.1 Å². The molecule has 1 aromatic heterocycles. The molecule has 2 aromatic carbocycles. The second-order valence-corrected chi connectivity index (χ2v) is 7.69. The second kappa shape index (κ2) is 7.76. The van der Waals surface area contributed by atoms with E-state index in [-0.39, 0.29) is 12.2 Å². The highest BCUT2D eigenvalue weighted by molar-refractivity contribution is 6.10. The van der Waals surface area contributed by atoms with Crippen LogP contribution < -0.4 is 4.90 Å². The van der Waals surface area contributed by atoms with Crippen LogP contribution in [0.4, 0.5) is 5.69 Å². The molecule has 1 unspecified atom stereocenters. The van der Waals surface area contributed by atoms with Gasteiger partial charge in [0.05, 0.1) is 24.9 Å². The van der Waals surface area contributed by atoms with Crippen LogP contribution in [0.5, 0.6) is 0 Å². The monoisotopic (exact) mass is 401 g/mol. The average Bonchev–Trinajstić information content (AvgIpc) is 3.32. The smallest absolute Gasteiger partial charge is 0.264 e. The second-order valence-electron chi connectivity index (χ2n) is 7.69. The van der Waals surface area contributed by atoms with Crippen molar-refractivity contribution in [1.29, 1.82) is 0 Å². The summed E-state index contributed by atoms with van der Waals surface area (Å²) in [4.78, 5) is 27.5. The number of allylic oxidation sites excluding steroid dienone is 1. The maximum absolute atomic E-state index is 13.3. The summed E-state index contributed by atoms with van der Waals surface area (Å²) in [5.74, 6) is -0.306. The predicted molar refractivity (Wildman–Crippen MR) is 115 cm³/mol. The van der Waals surface area contributed by atoms with Crippen molar-refractivity contribution in [2.24, 2.45) is 0 Å². The Balaban J connectivity index is 1.63. The molecule has 0 bridgehead atoms. The van der Waals surface area contributed by atoms with Crippen LogP contribution in [0, 0.1) is 13.8 Å². The first-order valence-electron chi connectivity index (χ1n) is 9.83. The summed E-state index contributed by atoms with van der Waals surface area (Å²) in [5, 5.41) is 11.3. The Morgan fingerprint density at radius 1 is 1.13 bits per heavy atom. The van der Waals surface area contributed by atoms with Crippen LogP contribution in [0.2, 0.25) is 0 Å². The van der Waals surface area contributed by atoms with E-state index in [1.165, 1.54) is 18.4 Å². The fraction of sp³-hybridized carbons (Fsp3) is 0.200. The molecule has 0 saturated heterocycles. The molecule has 0 spiro atoms. The van der Waals surface area contributed by atoms with Crippen LogP contribution in [-0.4, -0.2) is 16.8 Å². The molecular weight excluding hydrogens is 378 g/mol. The zero-order valence-electron chi connectivity index (χ0n) is 17.0. The molecule has 30 heavy (non-hydrogen) atoms. The molecule has 5 heteroatoms. The van der Waals surface area contributed by atoms with Crippen LogP contribution >= 0.6 is 0 Å². The largest absolute Gasteiger partial charge is 0.465 e. The van der Waals surface area contributed by atoms with Crippen molar-refractivity contribution in [2.75, 3.05) is 4.90 Å². The predicted octanol–water partition coefficient (Wildman–Crippen LogP) is 4.30. The van der Waals surface area contributed by atoms with E-state index in [0.29, 0.717) is 23.6 Å². The van der Waals surface area contributed by atoms with E-state index in [9.17, 15) is 14.7 Å². The quantitative estimate of drug-likeness (QED) is 0.625. The van der Waals surface area contributed by atoms with Crippen LogP contribution in [0.3, 0.4) is 0 Å². The summed E-state index contributed by atoms with van der Waals surface area (Å²) < 4.78 is 5.18. The number of ketones is 1. The van der Waals surface area contributed by atoms with Crippen LogP contribution in [0.1, 0.15) is 34.4 Å². The molecule has 5 nitrogen and oxygen atoms in total. The number of hydrogen-bond donors (Lipinski definition) is 1. The summed E-state index contributed by atoms with van der Waals surface area (Å²) in [6.07, 6.45) is 4.05. The number of benzene rings is 2. The third-order valence-electron chi connectivity index (χ3n) is 5.48. The van der Waals surface area contributed by atoms with Gasteiger partial charge in [0.1, 0.15) is 5.76 Å². The number of anilines is 1. The minimum atomic E-state index is -1.89. The Bertz CT molecular complexity index is 1130. The maximum Gasteiger partial charge on any atom is 0.264 e. The van der Waals surface area contributed by atoms with Gasteiger partial charge in [0.15, 0.2) is 11.4 Å². The Morgan fingerprint density at radius 3 is 2.70 bits per heavy atom. The van der Waals surface area contributed by atoms with Gasteiger partial charge in [0.2, 0.25) is 0 Å². The van der Waals surface area contributed by atoms with Crippen molar-refractivity contribution in [1.82, 2.24) is 0 Å². The number of furan rings is 1. The Hall–Kier alpha value is -3.44. The van der Waals surface area contributed by atoms with Gasteiger partial charge in [0, 0.05) is 5.56 Å². The number of nitrogens with zero attached hydrogens (tertiary/aromatic N) is 1. The number of carbonyl (C=O) groups excluding carboxylic acids is 2. The number of para-hydroxylation sites is 1. The van der Waals surface area contributed by atoms with Gasteiger partial charge in [-0.25, -0.2) is 0 Å². The van der Waals surface area contributed by atoms with Gasteiger partial charge in [-0.15, -0.1) is 0 Å².